The highest BCUT2D eigenvalue weighted by Crippen LogP contribution is 2.71. The lowest BCUT2D eigenvalue weighted by Gasteiger charge is -2.65. The Morgan fingerprint density at radius 3 is 2.24 bits per heavy atom. The molecule has 1 aromatic rings. The quantitative estimate of drug-likeness (QED) is 0.127. The molecule has 286 valence electrons. The fourth-order valence-electron chi connectivity index (χ4n) is 11.2. The molecule has 6 fully saturated rings. The summed E-state index contributed by atoms with van der Waals surface area (Å²) in [7, 11) is 0. The van der Waals surface area contributed by atoms with Crippen LogP contribution in [0.1, 0.15) is 83.1 Å². The van der Waals surface area contributed by atoms with Crippen molar-refractivity contribution in [2.24, 2.45) is 22.7 Å². The monoisotopic (exact) mass is 724 g/mol. The van der Waals surface area contributed by atoms with E-state index in [-0.39, 0.29) is 37.0 Å². The van der Waals surface area contributed by atoms with Crippen molar-refractivity contribution in [2.75, 3.05) is 6.61 Å². The summed E-state index contributed by atoms with van der Waals surface area (Å²) in [6.45, 7) is 2.87. The van der Waals surface area contributed by atoms with Gasteiger partial charge in [-0.2, -0.15) is 0 Å². The SMILES string of the molecule is C[C@H]1O[C@@H](O[C@@H]2[C@@H](O)[C@H](O)[C@@H](O[C@H]3CC[C@]4(C=O)C5CC[C@]6(C)[C@H](c7ccc(=O)oc7)CC[C@]6(O)C5CC[C@]4(O)C3)O[C@H]2CO)[C@H](O)[C@@H](O)[C@H]1O. The van der Waals surface area contributed by atoms with E-state index in [0.29, 0.717) is 38.5 Å². The molecule has 0 spiro atoms. The summed E-state index contributed by atoms with van der Waals surface area (Å²) in [4.78, 5) is 24.8. The lowest BCUT2D eigenvalue weighted by atomic mass is 9.41. The first-order valence-electron chi connectivity index (χ1n) is 18.3. The molecule has 0 aromatic carbocycles. The van der Waals surface area contributed by atoms with Crippen molar-refractivity contribution in [1.82, 2.24) is 0 Å². The van der Waals surface area contributed by atoms with E-state index < -0.39 is 102 Å². The van der Waals surface area contributed by atoms with Gasteiger partial charge in [-0.1, -0.05) is 6.92 Å². The van der Waals surface area contributed by atoms with Gasteiger partial charge < -0.3 is 69.0 Å². The Balaban J connectivity index is 1.04. The number of fused-ring (bicyclic) bond motifs is 5. The van der Waals surface area contributed by atoms with Gasteiger partial charge in [0.2, 0.25) is 0 Å². The van der Waals surface area contributed by atoms with E-state index >= 15 is 0 Å². The molecule has 3 heterocycles. The highest BCUT2D eigenvalue weighted by molar-refractivity contribution is 5.64. The van der Waals surface area contributed by atoms with E-state index in [0.717, 1.165) is 11.8 Å². The predicted molar refractivity (Wildman–Crippen MR) is 173 cm³/mol. The van der Waals surface area contributed by atoms with Crippen LogP contribution in [0.2, 0.25) is 0 Å². The second-order valence-corrected chi connectivity index (χ2v) is 16.3. The molecule has 0 bridgehead atoms. The fourth-order valence-corrected chi connectivity index (χ4v) is 11.2. The molecule has 18 atom stereocenters. The molecule has 51 heavy (non-hydrogen) atoms. The zero-order valence-electron chi connectivity index (χ0n) is 28.9. The number of carbonyl (C=O) groups excluding carboxylic acids is 1. The van der Waals surface area contributed by atoms with Gasteiger partial charge in [-0.15, -0.1) is 0 Å². The van der Waals surface area contributed by atoms with Gasteiger partial charge in [0.15, 0.2) is 12.6 Å². The molecule has 15 nitrogen and oxygen atoms in total. The largest absolute Gasteiger partial charge is 0.431 e. The Morgan fingerprint density at radius 2 is 1.55 bits per heavy atom. The van der Waals surface area contributed by atoms with Crippen LogP contribution in [0.25, 0.3) is 0 Å². The third kappa shape index (κ3) is 5.70. The van der Waals surface area contributed by atoms with E-state index in [1.165, 1.54) is 19.3 Å². The molecule has 1 aromatic heterocycles. The van der Waals surface area contributed by atoms with Crippen molar-refractivity contribution in [3.8, 4) is 0 Å². The second-order valence-electron chi connectivity index (χ2n) is 16.3. The Labute approximate surface area is 295 Å². The second kappa shape index (κ2) is 13.5. The van der Waals surface area contributed by atoms with Crippen molar-refractivity contribution in [3.63, 3.8) is 0 Å². The maximum atomic E-state index is 13.2. The summed E-state index contributed by atoms with van der Waals surface area (Å²) in [6, 6.07) is 3.16. The lowest BCUT2D eigenvalue weighted by molar-refractivity contribution is -0.363. The average molecular weight is 725 g/mol. The molecule has 2 saturated heterocycles. The molecule has 15 heteroatoms. The first-order chi connectivity index (χ1) is 24.1. The maximum Gasteiger partial charge on any atom is 0.335 e. The number of hydrogen-bond donors (Lipinski definition) is 8. The van der Waals surface area contributed by atoms with Crippen molar-refractivity contribution >= 4 is 6.29 Å². The molecule has 8 N–H and O–H groups in total. The predicted octanol–water partition coefficient (Wildman–Crippen LogP) is -0.788. The van der Waals surface area contributed by atoms with Crippen molar-refractivity contribution in [2.45, 2.75) is 156 Å². The lowest BCUT2D eigenvalue weighted by Crippen LogP contribution is -2.69. The summed E-state index contributed by atoms with van der Waals surface area (Å²) in [5, 5.41) is 87.7. The topological polar surface area (TPSA) is 246 Å². The summed E-state index contributed by atoms with van der Waals surface area (Å²) in [5.41, 5.74) is -3.79. The number of aldehydes is 1. The number of hydrogen-bond acceptors (Lipinski definition) is 15. The van der Waals surface area contributed by atoms with Gasteiger partial charge in [0.1, 0.15) is 49.0 Å². The molecule has 0 amide bonds. The minimum Gasteiger partial charge on any atom is -0.431 e. The number of carbonyl (C=O) groups is 1. The first kappa shape index (κ1) is 37.5. The van der Waals surface area contributed by atoms with Gasteiger partial charge in [-0.25, -0.2) is 4.79 Å². The molecular formula is C36H52O15. The van der Waals surface area contributed by atoms with Crippen LogP contribution in [-0.2, 0) is 23.7 Å². The van der Waals surface area contributed by atoms with E-state index in [4.69, 9.17) is 23.4 Å². The molecule has 6 aliphatic rings. The third-order valence-corrected chi connectivity index (χ3v) is 14.1. The van der Waals surface area contributed by atoms with E-state index in [9.17, 15) is 50.4 Å². The molecule has 0 radical (unpaired) electrons. The molecule has 4 saturated carbocycles. The van der Waals surface area contributed by atoms with Gasteiger partial charge in [0.05, 0.1) is 41.7 Å². The smallest absolute Gasteiger partial charge is 0.335 e. The van der Waals surface area contributed by atoms with E-state index in [2.05, 4.69) is 6.92 Å². The van der Waals surface area contributed by atoms with Crippen LogP contribution in [0.15, 0.2) is 27.6 Å². The summed E-state index contributed by atoms with van der Waals surface area (Å²) in [6.07, 6.45) is -9.09. The van der Waals surface area contributed by atoms with E-state index in [1.807, 2.05) is 0 Å². The average Bonchev–Trinajstić information content (AvgIpc) is 3.39. The van der Waals surface area contributed by atoms with Crippen LogP contribution in [0.3, 0.4) is 0 Å². The Bertz CT molecular complexity index is 1470. The number of aliphatic hydroxyl groups is 8. The van der Waals surface area contributed by atoms with Crippen LogP contribution in [0, 0.1) is 22.7 Å². The van der Waals surface area contributed by atoms with Gasteiger partial charge in [-0.05, 0) is 87.7 Å². The van der Waals surface area contributed by atoms with Crippen molar-refractivity contribution < 1.29 is 69.0 Å². The highest BCUT2D eigenvalue weighted by atomic mass is 16.7. The minimum absolute atomic E-state index is 0.0294. The molecule has 2 unspecified atom stereocenters. The minimum atomic E-state index is -1.69. The fraction of sp³-hybridized carbons (Fsp3) is 0.833. The Hall–Kier alpha value is -1.86. The summed E-state index contributed by atoms with van der Waals surface area (Å²) < 4.78 is 28.3. The van der Waals surface area contributed by atoms with Gasteiger partial charge in [0.25, 0.3) is 0 Å². The van der Waals surface area contributed by atoms with Gasteiger partial charge in [0, 0.05) is 17.9 Å². The van der Waals surface area contributed by atoms with Crippen LogP contribution < -0.4 is 5.63 Å². The maximum absolute atomic E-state index is 13.2. The standard InChI is InChI=1S/C36H52O15/c1-17-25(40)26(41)28(43)31(48-17)51-30-23(14-37)50-32(29(44)27(30)42)49-19-5-10-34(16-38)21-6-9-33(2)20(18-3-4-24(39)47-15-18)8-12-36(33,46)22(21)7-11-35(34,45)13-19/h3-4,15-17,19-23,25-32,37,40-46H,5-14H2,1-2H3/t17-,19+,20+,21?,22?,23+,25+,26+,27+,28-,29+,30+,31+,32+,33-,34+,35+,36+/m1/s1. The normalized spacial score (nSPS) is 52.7. The molecular weight excluding hydrogens is 672 g/mol. The summed E-state index contributed by atoms with van der Waals surface area (Å²) in [5.74, 6) is -0.548. The number of aliphatic hydroxyl groups excluding tert-OH is 6. The van der Waals surface area contributed by atoms with Gasteiger partial charge in [-0.3, -0.25) is 0 Å². The van der Waals surface area contributed by atoms with Crippen molar-refractivity contribution in [3.05, 3.63) is 34.4 Å². The Kier molecular flexibility index (Phi) is 9.89. The van der Waals surface area contributed by atoms with Crippen LogP contribution in [0.5, 0.6) is 0 Å². The highest BCUT2D eigenvalue weighted by Gasteiger charge is 2.71. The zero-order valence-corrected chi connectivity index (χ0v) is 28.9. The Morgan fingerprint density at radius 1 is 0.843 bits per heavy atom. The van der Waals surface area contributed by atoms with Crippen LogP contribution in [-0.4, -0.2) is 132 Å². The first-order valence-corrected chi connectivity index (χ1v) is 18.3. The number of rotatable bonds is 7. The van der Waals surface area contributed by atoms with Crippen LogP contribution >= 0.6 is 0 Å². The van der Waals surface area contributed by atoms with E-state index in [1.54, 1.807) is 6.07 Å². The van der Waals surface area contributed by atoms with Crippen molar-refractivity contribution in [1.29, 1.82) is 0 Å². The van der Waals surface area contributed by atoms with Crippen LogP contribution in [0.4, 0.5) is 0 Å². The number of ether oxygens (including phenoxy) is 4. The molecule has 4 aliphatic carbocycles. The third-order valence-electron chi connectivity index (χ3n) is 14.1. The summed E-state index contributed by atoms with van der Waals surface area (Å²) >= 11 is 0. The molecule has 2 aliphatic heterocycles. The molecule has 7 rings (SSSR count). The van der Waals surface area contributed by atoms with Gasteiger partial charge >= 0.3 is 5.63 Å². The zero-order chi connectivity index (χ0) is 36.7.